The van der Waals surface area contributed by atoms with Gasteiger partial charge < -0.3 is 15.3 Å². The molecule has 160 valence electrons. The second-order valence-electron chi connectivity index (χ2n) is 7.70. The molecule has 6 heteroatoms. The summed E-state index contributed by atoms with van der Waals surface area (Å²) >= 11 is 0. The molecule has 6 nitrogen and oxygen atoms in total. The molecule has 1 unspecified atom stereocenters. The van der Waals surface area contributed by atoms with E-state index in [1.54, 1.807) is 0 Å². The van der Waals surface area contributed by atoms with E-state index in [-0.39, 0.29) is 24.3 Å². The van der Waals surface area contributed by atoms with E-state index in [1.807, 2.05) is 59.5 Å². The summed E-state index contributed by atoms with van der Waals surface area (Å²) in [6.07, 6.45) is 1.26. The highest BCUT2D eigenvalue weighted by Crippen LogP contribution is 2.25. The molecule has 1 aliphatic heterocycles. The quantitative estimate of drug-likeness (QED) is 0.703. The molecule has 2 amide bonds. The van der Waals surface area contributed by atoms with Gasteiger partial charge in [-0.2, -0.15) is 0 Å². The highest BCUT2D eigenvalue weighted by Gasteiger charge is 2.22. The lowest BCUT2D eigenvalue weighted by Crippen LogP contribution is -2.49. The number of benzene rings is 2. The van der Waals surface area contributed by atoms with Gasteiger partial charge in [0.05, 0.1) is 6.61 Å². The first-order valence-corrected chi connectivity index (χ1v) is 10.7. The van der Waals surface area contributed by atoms with Gasteiger partial charge in [0.2, 0.25) is 5.91 Å². The summed E-state index contributed by atoms with van der Waals surface area (Å²) in [6.45, 7) is 5.82. The molecular formula is C24H31N3O3. The van der Waals surface area contributed by atoms with Crippen molar-refractivity contribution in [1.82, 2.24) is 9.80 Å². The Kier molecular flexibility index (Phi) is 7.99. The second-order valence-corrected chi connectivity index (χ2v) is 7.70. The highest BCUT2D eigenvalue weighted by molar-refractivity contribution is 5.94. The summed E-state index contributed by atoms with van der Waals surface area (Å²) in [6, 6.07) is 17.2. The Labute approximate surface area is 178 Å². The van der Waals surface area contributed by atoms with Crippen molar-refractivity contribution in [3.63, 3.8) is 0 Å². The van der Waals surface area contributed by atoms with Crippen LogP contribution in [0.15, 0.2) is 54.6 Å². The molecule has 1 fully saturated rings. The molecule has 1 heterocycles. The van der Waals surface area contributed by atoms with E-state index in [9.17, 15) is 9.59 Å². The fraction of sp³-hybridized carbons (Fsp3) is 0.417. The average Bonchev–Trinajstić information content (AvgIpc) is 2.78. The van der Waals surface area contributed by atoms with Crippen LogP contribution >= 0.6 is 0 Å². The lowest BCUT2D eigenvalue weighted by atomic mass is 9.92. The van der Waals surface area contributed by atoms with E-state index in [0.717, 1.165) is 30.8 Å². The number of piperazine rings is 1. The number of β-amino-alcohol motifs (C(OH)–C–C–N with tert-alkyl or cyclic N) is 1. The number of aliphatic hydroxyl groups excluding tert-OH is 1. The summed E-state index contributed by atoms with van der Waals surface area (Å²) in [5, 5.41) is 12.0. The van der Waals surface area contributed by atoms with Crippen molar-refractivity contribution in [3.8, 4) is 0 Å². The first kappa shape index (κ1) is 22.0. The van der Waals surface area contributed by atoms with Gasteiger partial charge in [-0.1, -0.05) is 37.3 Å². The van der Waals surface area contributed by atoms with Gasteiger partial charge in [0.25, 0.3) is 5.91 Å². The minimum Gasteiger partial charge on any atom is -0.395 e. The summed E-state index contributed by atoms with van der Waals surface area (Å²) < 4.78 is 0. The van der Waals surface area contributed by atoms with Crippen LogP contribution < -0.4 is 5.32 Å². The molecule has 30 heavy (non-hydrogen) atoms. The van der Waals surface area contributed by atoms with Gasteiger partial charge in [0.1, 0.15) is 0 Å². The van der Waals surface area contributed by atoms with Gasteiger partial charge >= 0.3 is 0 Å². The Morgan fingerprint density at radius 1 is 1.00 bits per heavy atom. The number of nitrogens with zero attached hydrogens (tertiary/aromatic N) is 2. The normalized spacial score (nSPS) is 15.6. The van der Waals surface area contributed by atoms with Gasteiger partial charge in [-0.15, -0.1) is 0 Å². The van der Waals surface area contributed by atoms with Crippen molar-refractivity contribution >= 4 is 17.5 Å². The number of anilines is 1. The van der Waals surface area contributed by atoms with E-state index in [0.29, 0.717) is 31.6 Å². The molecule has 3 rings (SSSR count). The molecule has 0 radical (unpaired) electrons. The lowest BCUT2D eigenvalue weighted by molar-refractivity contribution is -0.116. The van der Waals surface area contributed by atoms with Crippen LogP contribution in [0, 0.1) is 0 Å². The first-order chi connectivity index (χ1) is 14.6. The monoisotopic (exact) mass is 409 g/mol. The smallest absolute Gasteiger partial charge is 0.253 e. The Morgan fingerprint density at radius 3 is 2.27 bits per heavy atom. The molecule has 0 saturated carbocycles. The molecule has 2 N–H and O–H groups in total. The number of rotatable bonds is 8. The predicted octanol–water partition coefficient (Wildman–Crippen LogP) is 2.96. The molecule has 0 bridgehead atoms. The fourth-order valence-electron chi connectivity index (χ4n) is 3.85. The third-order valence-electron chi connectivity index (χ3n) is 5.69. The van der Waals surface area contributed by atoms with Crippen molar-refractivity contribution in [1.29, 1.82) is 0 Å². The third kappa shape index (κ3) is 5.90. The van der Waals surface area contributed by atoms with Gasteiger partial charge in [-0.3, -0.25) is 14.5 Å². The van der Waals surface area contributed by atoms with E-state index in [4.69, 9.17) is 5.11 Å². The van der Waals surface area contributed by atoms with E-state index in [2.05, 4.69) is 17.1 Å². The maximum absolute atomic E-state index is 12.8. The van der Waals surface area contributed by atoms with Crippen LogP contribution in [0.5, 0.6) is 0 Å². The molecule has 0 aliphatic carbocycles. The van der Waals surface area contributed by atoms with E-state index in [1.165, 1.54) is 0 Å². The number of para-hydroxylation sites is 1. The van der Waals surface area contributed by atoms with Gasteiger partial charge in [-0.05, 0) is 42.2 Å². The Morgan fingerprint density at radius 2 is 1.67 bits per heavy atom. The molecule has 0 spiro atoms. The molecule has 2 aromatic carbocycles. The van der Waals surface area contributed by atoms with Crippen LogP contribution in [-0.2, 0) is 4.79 Å². The minimum atomic E-state index is -0.00560. The number of amides is 2. The molecule has 0 aromatic heterocycles. The maximum atomic E-state index is 12.8. The zero-order valence-corrected chi connectivity index (χ0v) is 17.6. The number of hydrogen-bond acceptors (Lipinski definition) is 4. The summed E-state index contributed by atoms with van der Waals surface area (Å²) in [7, 11) is 0. The minimum absolute atomic E-state index is 0.00560. The van der Waals surface area contributed by atoms with Gasteiger partial charge in [0.15, 0.2) is 0 Å². The molecular weight excluding hydrogens is 378 g/mol. The van der Waals surface area contributed by atoms with Crippen molar-refractivity contribution in [2.75, 3.05) is 44.6 Å². The average molecular weight is 410 g/mol. The van der Waals surface area contributed by atoms with Crippen molar-refractivity contribution in [2.24, 2.45) is 0 Å². The van der Waals surface area contributed by atoms with E-state index >= 15 is 0 Å². The standard InChI is InChI=1S/C24H31N3O3/c1-2-19(18-23(29)25-22-6-4-3-5-7-22)20-8-10-21(11-9-20)24(30)27-14-12-26(13-15-27)16-17-28/h3-11,19,28H,2,12-18H2,1H3,(H,25,29). The number of aliphatic hydroxyl groups is 1. The number of carbonyl (C=O) groups excluding carboxylic acids is 2. The highest BCUT2D eigenvalue weighted by atomic mass is 16.3. The molecule has 1 atom stereocenters. The zero-order chi connectivity index (χ0) is 21.3. The summed E-state index contributed by atoms with van der Waals surface area (Å²) in [5.41, 5.74) is 2.56. The topological polar surface area (TPSA) is 72.9 Å². The number of hydrogen-bond donors (Lipinski definition) is 2. The van der Waals surface area contributed by atoms with Gasteiger partial charge in [0, 0.05) is 50.4 Å². The Bertz CT molecular complexity index is 815. The summed E-state index contributed by atoms with van der Waals surface area (Å²) in [5.74, 6) is 0.147. The predicted molar refractivity (Wildman–Crippen MR) is 119 cm³/mol. The van der Waals surface area contributed by atoms with E-state index < -0.39 is 0 Å². The lowest BCUT2D eigenvalue weighted by Gasteiger charge is -2.34. The largest absolute Gasteiger partial charge is 0.395 e. The first-order valence-electron chi connectivity index (χ1n) is 10.7. The zero-order valence-electron chi connectivity index (χ0n) is 17.6. The van der Waals surface area contributed by atoms with Crippen molar-refractivity contribution in [3.05, 3.63) is 65.7 Å². The van der Waals surface area contributed by atoms with Crippen LogP contribution in [0.3, 0.4) is 0 Å². The van der Waals surface area contributed by atoms with Crippen LogP contribution in [0.2, 0.25) is 0 Å². The van der Waals surface area contributed by atoms with Crippen LogP contribution in [0.1, 0.15) is 41.6 Å². The Balaban J connectivity index is 1.56. The van der Waals surface area contributed by atoms with Crippen molar-refractivity contribution in [2.45, 2.75) is 25.7 Å². The van der Waals surface area contributed by atoms with Gasteiger partial charge in [-0.25, -0.2) is 0 Å². The fourth-order valence-corrected chi connectivity index (χ4v) is 3.85. The van der Waals surface area contributed by atoms with Crippen LogP contribution in [0.25, 0.3) is 0 Å². The number of carbonyl (C=O) groups is 2. The second kappa shape index (κ2) is 10.9. The molecule has 1 saturated heterocycles. The summed E-state index contributed by atoms with van der Waals surface area (Å²) in [4.78, 5) is 29.2. The SMILES string of the molecule is CCC(CC(=O)Nc1ccccc1)c1ccc(C(=O)N2CCN(CCO)CC2)cc1. The van der Waals surface area contributed by atoms with Crippen molar-refractivity contribution < 1.29 is 14.7 Å². The van der Waals surface area contributed by atoms with Crippen LogP contribution in [-0.4, -0.2) is 66.1 Å². The third-order valence-corrected chi connectivity index (χ3v) is 5.69. The van der Waals surface area contributed by atoms with Crippen LogP contribution in [0.4, 0.5) is 5.69 Å². The molecule has 1 aliphatic rings. The number of nitrogens with one attached hydrogen (secondary N) is 1. The Hall–Kier alpha value is -2.70. The maximum Gasteiger partial charge on any atom is 0.253 e. The molecule has 2 aromatic rings.